The van der Waals surface area contributed by atoms with Crippen molar-refractivity contribution in [2.45, 2.75) is 13.0 Å². The Morgan fingerprint density at radius 2 is 1.77 bits per heavy atom. The minimum Gasteiger partial charge on any atom is -0.449 e. The molecule has 3 aromatic carbocycles. The fraction of sp³-hybridized carbons (Fsp3) is 0.0870. The van der Waals surface area contributed by atoms with Gasteiger partial charge in [-0.05, 0) is 43.3 Å². The normalized spacial score (nSPS) is 11.8. The van der Waals surface area contributed by atoms with Crippen LogP contribution < -0.4 is 5.32 Å². The number of carbonyl (C=O) groups excluding carboxylic acids is 2. The highest BCUT2D eigenvalue weighted by atomic mass is 35.5. The van der Waals surface area contributed by atoms with E-state index in [0.29, 0.717) is 27.7 Å². The first-order valence-electron chi connectivity index (χ1n) is 9.43. The summed E-state index contributed by atoms with van der Waals surface area (Å²) in [6, 6.07) is 19.2. The molecule has 1 heterocycles. The number of anilines is 1. The smallest absolute Gasteiger partial charge is 0.339 e. The lowest BCUT2D eigenvalue weighted by molar-refractivity contribution is -0.123. The van der Waals surface area contributed by atoms with E-state index >= 15 is 0 Å². The monoisotopic (exact) mass is 453 g/mol. The second-order valence-electron chi connectivity index (χ2n) is 6.81. The molecule has 2 N–H and O–H groups in total. The van der Waals surface area contributed by atoms with E-state index in [-0.39, 0.29) is 5.02 Å². The summed E-state index contributed by atoms with van der Waals surface area (Å²) in [5.41, 5.74) is 2.89. The molecule has 1 atom stereocenters. The number of halogens is 2. The van der Waals surface area contributed by atoms with E-state index in [1.807, 2.05) is 24.3 Å². The zero-order valence-corrected chi connectivity index (χ0v) is 17.9. The maximum absolute atomic E-state index is 12.8. The SMILES string of the molecule is CC(OC(=O)c1ccccc1-c1nc2ccccc2[nH]1)C(=O)Nc1ccc(Cl)cc1Cl. The molecule has 1 aromatic heterocycles. The number of para-hydroxylation sites is 2. The van der Waals surface area contributed by atoms with Gasteiger partial charge in [-0.2, -0.15) is 0 Å². The number of H-pyrrole nitrogens is 1. The largest absolute Gasteiger partial charge is 0.449 e. The van der Waals surface area contributed by atoms with Gasteiger partial charge in [-0.15, -0.1) is 0 Å². The predicted molar refractivity (Wildman–Crippen MR) is 121 cm³/mol. The second kappa shape index (κ2) is 8.79. The van der Waals surface area contributed by atoms with Crippen LogP contribution in [0.1, 0.15) is 17.3 Å². The van der Waals surface area contributed by atoms with Crippen LogP contribution in [-0.4, -0.2) is 27.9 Å². The van der Waals surface area contributed by atoms with Crippen LogP contribution in [0, 0.1) is 0 Å². The van der Waals surface area contributed by atoms with Crippen molar-refractivity contribution in [3.8, 4) is 11.4 Å². The Balaban J connectivity index is 1.52. The highest BCUT2D eigenvalue weighted by Crippen LogP contribution is 2.27. The number of hydrogen-bond donors (Lipinski definition) is 2. The number of fused-ring (bicyclic) bond motifs is 1. The molecular weight excluding hydrogens is 437 g/mol. The van der Waals surface area contributed by atoms with E-state index < -0.39 is 18.0 Å². The number of carbonyl (C=O) groups is 2. The first-order chi connectivity index (χ1) is 14.9. The number of ether oxygens (including phenoxy) is 1. The molecule has 0 radical (unpaired) electrons. The van der Waals surface area contributed by atoms with Gasteiger partial charge in [-0.1, -0.05) is 53.5 Å². The average molecular weight is 454 g/mol. The standard InChI is InChI=1S/C23H17Cl2N3O3/c1-13(22(29)28-18-11-10-14(24)12-17(18)25)31-23(30)16-7-3-2-6-15(16)21-26-19-8-4-5-9-20(19)27-21/h2-13H,1H3,(H,26,27)(H,28,29). The van der Waals surface area contributed by atoms with E-state index in [4.69, 9.17) is 27.9 Å². The van der Waals surface area contributed by atoms with Crippen molar-refractivity contribution in [1.29, 1.82) is 0 Å². The first-order valence-corrected chi connectivity index (χ1v) is 10.2. The summed E-state index contributed by atoms with van der Waals surface area (Å²) in [6.07, 6.45) is -1.05. The van der Waals surface area contributed by atoms with Crippen LogP contribution in [0.5, 0.6) is 0 Å². The Labute approximate surface area is 188 Å². The summed E-state index contributed by atoms with van der Waals surface area (Å²) < 4.78 is 5.41. The van der Waals surface area contributed by atoms with Crippen molar-refractivity contribution >= 4 is 51.8 Å². The maximum Gasteiger partial charge on any atom is 0.339 e. The Kier molecular flexibility index (Phi) is 5.93. The van der Waals surface area contributed by atoms with Crippen molar-refractivity contribution in [3.63, 3.8) is 0 Å². The molecule has 1 unspecified atom stereocenters. The van der Waals surface area contributed by atoms with Crippen molar-refractivity contribution in [1.82, 2.24) is 9.97 Å². The van der Waals surface area contributed by atoms with E-state index in [0.717, 1.165) is 11.0 Å². The van der Waals surface area contributed by atoms with Gasteiger partial charge < -0.3 is 15.0 Å². The topological polar surface area (TPSA) is 84.1 Å². The van der Waals surface area contributed by atoms with Crippen LogP contribution in [0.15, 0.2) is 66.7 Å². The number of imidazole rings is 1. The summed E-state index contributed by atoms with van der Waals surface area (Å²) in [6.45, 7) is 1.49. The predicted octanol–water partition coefficient (Wildman–Crippen LogP) is 5.72. The molecule has 0 fully saturated rings. The van der Waals surface area contributed by atoms with Crippen molar-refractivity contribution in [2.24, 2.45) is 0 Å². The number of hydrogen-bond acceptors (Lipinski definition) is 4. The van der Waals surface area contributed by atoms with Crippen LogP contribution >= 0.6 is 23.2 Å². The van der Waals surface area contributed by atoms with Gasteiger partial charge in [0.1, 0.15) is 5.82 Å². The van der Waals surface area contributed by atoms with Gasteiger partial charge in [0, 0.05) is 10.6 Å². The molecule has 0 saturated heterocycles. The van der Waals surface area contributed by atoms with Crippen molar-refractivity contribution in [2.75, 3.05) is 5.32 Å². The number of amides is 1. The van der Waals surface area contributed by atoms with Gasteiger partial charge in [-0.25, -0.2) is 9.78 Å². The molecule has 0 saturated carbocycles. The molecule has 0 aliphatic carbocycles. The third-order valence-corrected chi connectivity index (χ3v) is 5.18. The summed E-state index contributed by atoms with van der Waals surface area (Å²) in [7, 11) is 0. The molecule has 1 amide bonds. The molecule has 156 valence electrons. The summed E-state index contributed by atoms with van der Waals surface area (Å²) >= 11 is 12.0. The van der Waals surface area contributed by atoms with Gasteiger partial charge >= 0.3 is 5.97 Å². The molecule has 31 heavy (non-hydrogen) atoms. The van der Waals surface area contributed by atoms with Gasteiger partial charge in [0.2, 0.25) is 0 Å². The van der Waals surface area contributed by atoms with E-state index in [2.05, 4.69) is 15.3 Å². The Bertz CT molecular complexity index is 1250. The number of nitrogens with one attached hydrogen (secondary N) is 2. The van der Waals surface area contributed by atoms with Gasteiger partial charge in [-0.3, -0.25) is 4.79 Å². The summed E-state index contributed by atoms with van der Waals surface area (Å²) in [5, 5.41) is 3.37. The van der Waals surface area contributed by atoms with Crippen LogP contribution in [0.25, 0.3) is 22.4 Å². The molecular formula is C23H17Cl2N3O3. The fourth-order valence-corrected chi connectivity index (χ4v) is 3.51. The van der Waals surface area contributed by atoms with Crippen LogP contribution in [0.3, 0.4) is 0 Å². The lowest BCUT2D eigenvalue weighted by Crippen LogP contribution is -2.30. The maximum atomic E-state index is 12.8. The van der Waals surface area contributed by atoms with E-state index in [1.165, 1.54) is 13.0 Å². The molecule has 4 aromatic rings. The van der Waals surface area contributed by atoms with Crippen LogP contribution in [0.4, 0.5) is 5.69 Å². The number of esters is 1. The third-order valence-electron chi connectivity index (χ3n) is 4.63. The van der Waals surface area contributed by atoms with Crippen molar-refractivity contribution < 1.29 is 14.3 Å². The molecule has 6 nitrogen and oxygen atoms in total. The average Bonchev–Trinajstić information content (AvgIpc) is 3.19. The number of nitrogens with zero attached hydrogens (tertiary/aromatic N) is 1. The Morgan fingerprint density at radius 1 is 1.03 bits per heavy atom. The van der Waals surface area contributed by atoms with Gasteiger partial charge in [0.25, 0.3) is 5.91 Å². The minimum atomic E-state index is -1.05. The zero-order valence-electron chi connectivity index (χ0n) is 16.4. The van der Waals surface area contributed by atoms with E-state index in [9.17, 15) is 9.59 Å². The quantitative estimate of drug-likeness (QED) is 0.378. The minimum absolute atomic E-state index is 0.287. The zero-order chi connectivity index (χ0) is 22.0. The molecule has 0 spiro atoms. The van der Waals surface area contributed by atoms with Gasteiger partial charge in [0.05, 0.1) is 27.3 Å². The lowest BCUT2D eigenvalue weighted by Gasteiger charge is -2.15. The third kappa shape index (κ3) is 4.55. The summed E-state index contributed by atoms with van der Waals surface area (Å²) in [5.74, 6) is -0.612. The molecule has 0 aliphatic heterocycles. The Hall–Kier alpha value is -3.35. The second-order valence-corrected chi connectivity index (χ2v) is 7.65. The first kappa shape index (κ1) is 20.9. The highest BCUT2D eigenvalue weighted by molar-refractivity contribution is 6.36. The van der Waals surface area contributed by atoms with Gasteiger partial charge in [0.15, 0.2) is 6.10 Å². The molecule has 0 bridgehead atoms. The van der Waals surface area contributed by atoms with Crippen molar-refractivity contribution in [3.05, 3.63) is 82.3 Å². The number of benzene rings is 3. The van der Waals surface area contributed by atoms with E-state index in [1.54, 1.807) is 36.4 Å². The number of rotatable bonds is 5. The molecule has 4 rings (SSSR count). The Morgan fingerprint density at radius 3 is 2.55 bits per heavy atom. The number of aromatic nitrogens is 2. The fourth-order valence-electron chi connectivity index (χ4n) is 3.05. The highest BCUT2D eigenvalue weighted by Gasteiger charge is 2.22. The molecule has 0 aliphatic rings. The van der Waals surface area contributed by atoms with Crippen LogP contribution in [-0.2, 0) is 9.53 Å². The molecule has 8 heteroatoms. The number of aromatic amines is 1. The van der Waals surface area contributed by atoms with Crippen LogP contribution in [0.2, 0.25) is 10.0 Å². The lowest BCUT2D eigenvalue weighted by atomic mass is 10.1. The summed E-state index contributed by atoms with van der Waals surface area (Å²) in [4.78, 5) is 33.1.